The Morgan fingerprint density at radius 3 is 2.20 bits per heavy atom. The van der Waals surface area contributed by atoms with Crippen molar-refractivity contribution in [2.45, 2.75) is 51.1 Å². The third kappa shape index (κ3) is 3.08. The van der Waals surface area contributed by atoms with Gasteiger partial charge in [-0.1, -0.05) is 48.5 Å². The smallest absolute Gasteiger partial charge is 0.0409 e. The summed E-state index contributed by atoms with van der Waals surface area (Å²) in [6.07, 6.45) is 2.53. The van der Waals surface area contributed by atoms with Gasteiger partial charge in [0.2, 0.25) is 0 Å². The minimum atomic E-state index is 0.181. The van der Waals surface area contributed by atoms with Crippen molar-refractivity contribution in [2.24, 2.45) is 0 Å². The van der Waals surface area contributed by atoms with E-state index in [1.807, 2.05) is 0 Å². The number of anilines is 1. The van der Waals surface area contributed by atoms with E-state index in [0.29, 0.717) is 5.41 Å². The molecule has 132 valence electrons. The van der Waals surface area contributed by atoms with Crippen LogP contribution in [0.1, 0.15) is 44.7 Å². The Morgan fingerprint density at radius 1 is 0.880 bits per heavy atom. The Labute approximate surface area is 152 Å². The molecular weight excluding hydrogens is 304 g/mol. The monoisotopic (exact) mass is 334 g/mol. The van der Waals surface area contributed by atoms with Crippen LogP contribution < -0.4 is 4.90 Å². The molecule has 2 aromatic carbocycles. The molecule has 2 heterocycles. The molecule has 2 nitrogen and oxygen atoms in total. The zero-order valence-corrected chi connectivity index (χ0v) is 15.8. The number of hydrogen-bond acceptors (Lipinski definition) is 2. The first kappa shape index (κ1) is 16.7. The van der Waals surface area contributed by atoms with E-state index in [9.17, 15) is 0 Å². The SMILES string of the molecule is CC(C)(C)N1CC2(CCN(Cc3ccccc3)CC2)c2ccccc21. The minimum absolute atomic E-state index is 0.181. The molecule has 2 aliphatic heterocycles. The van der Waals surface area contributed by atoms with Crippen molar-refractivity contribution in [1.29, 1.82) is 0 Å². The first-order chi connectivity index (χ1) is 12.0. The second-order valence-corrected chi connectivity index (χ2v) is 8.82. The second kappa shape index (κ2) is 6.17. The number of benzene rings is 2. The van der Waals surface area contributed by atoms with Crippen LogP contribution >= 0.6 is 0 Å². The van der Waals surface area contributed by atoms with Gasteiger partial charge in [-0.05, 0) is 63.9 Å². The van der Waals surface area contributed by atoms with E-state index in [4.69, 9.17) is 0 Å². The molecule has 0 amide bonds. The van der Waals surface area contributed by atoms with E-state index in [1.165, 1.54) is 43.7 Å². The first-order valence-electron chi connectivity index (χ1n) is 9.61. The molecule has 2 heteroatoms. The number of fused-ring (bicyclic) bond motifs is 2. The Kier molecular flexibility index (Phi) is 4.11. The maximum absolute atomic E-state index is 2.63. The predicted molar refractivity (Wildman–Crippen MR) is 106 cm³/mol. The molecule has 0 N–H and O–H groups in total. The molecule has 0 radical (unpaired) electrons. The Morgan fingerprint density at radius 2 is 1.52 bits per heavy atom. The van der Waals surface area contributed by atoms with Crippen LogP contribution in [0.2, 0.25) is 0 Å². The average molecular weight is 335 g/mol. The number of likely N-dealkylation sites (tertiary alicyclic amines) is 1. The zero-order valence-electron chi connectivity index (χ0n) is 15.8. The number of para-hydroxylation sites is 1. The maximum Gasteiger partial charge on any atom is 0.0409 e. The van der Waals surface area contributed by atoms with Crippen molar-refractivity contribution in [3.8, 4) is 0 Å². The van der Waals surface area contributed by atoms with Crippen molar-refractivity contribution in [2.75, 3.05) is 24.5 Å². The highest BCUT2D eigenvalue weighted by molar-refractivity contribution is 5.64. The second-order valence-electron chi connectivity index (χ2n) is 8.82. The van der Waals surface area contributed by atoms with Crippen molar-refractivity contribution < 1.29 is 0 Å². The molecule has 1 fully saturated rings. The van der Waals surface area contributed by atoms with Gasteiger partial charge in [0.05, 0.1) is 0 Å². The topological polar surface area (TPSA) is 6.48 Å². The first-order valence-corrected chi connectivity index (χ1v) is 9.61. The number of rotatable bonds is 2. The largest absolute Gasteiger partial charge is 0.366 e. The van der Waals surface area contributed by atoms with Crippen LogP contribution in [0.3, 0.4) is 0 Å². The number of piperidine rings is 1. The lowest BCUT2D eigenvalue weighted by atomic mass is 9.74. The van der Waals surface area contributed by atoms with Gasteiger partial charge in [-0.15, -0.1) is 0 Å². The van der Waals surface area contributed by atoms with Crippen LogP contribution in [0, 0.1) is 0 Å². The van der Waals surface area contributed by atoms with E-state index >= 15 is 0 Å². The van der Waals surface area contributed by atoms with Gasteiger partial charge in [0.15, 0.2) is 0 Å². The number of hydrogen-bond donors (Lipinski definition) is 0. The van der Waals surface area contributed by atoms with Crippen molar-refractivity contribution in [3.63, 3.8) is 0 Å². The maximum atomic E-state index is 2.63. The molecule has 0 saturated carbocycles. The average Bonchev–Trinajstić information content (AvgIpc) is 2.93. The molecule has 4 rings (SSSR count). The quantitative estimate of drug-likeness (QED) is 0.775. The van der Waals surface area contributed by atoms with Gasteiger partial charge in [-0.2, -0.15) is 0 Å². The van der Waals surface area contributed by atoms with Crippen LogP contribution in [0.5, 0.6) is 0 Å². The molecule has 0 aliphatic carbocycles. The van der Waals surface area contributed by atoms with Gasteiger partial charge in [0, 0.05) is 29.7 Å². The lowest BCUT2D eigenvalue weighted by Crippen LogP contribution is -2.48. The van der Waals surface area contributed by atoms with Crippen LogP contribution in [0.25, 0.3) is 0 Å². The van der Waals surface area contributed by atoms with E-state index in [1.54, 1.807) is 5.56 Å². The lowest BCUT2D eigenvalue weighted by molar-refractivity contribution is 0.157. The van der Waals surface area contributed by atoms with Gasteiger partial charge >= 0.3 is 0 Å². The molecule has 25 heavy (non-hydrogen) atoms. The zero-order chi connectivity index (χ0) is 17.5. The van der Waals surface area contributed by atoms with Crippen molar-refractivity contribution >= 4 is 5.69 Å². The number of nitrogens with zero attached hydrogens (tertiary/aromatic N) is 2. The fourth-order valence-electron chi connectivity index (χ4n) is 4.64. The van der Waals surface area contributed by atoms with E-state index in [2.05, 4.69) is 85.2 Å². The summed E-state index contributed by atoms with van der Waals surface area (Å²) in [5, 5.41) is 0. The van der Waals surface area contributed by atoms with Crippen molar-refractivity contribution in [3.05, 3.63) is 65.7 Å². The minimum Gasteiger partial charge on any atom is -0.366 e. The van der Waals surface area contributed by atoms with E-state index < -0.39 is 0 Å². The highest BCUT2D eigenvalue weighted by atomic mass is 15.2. The fourth-order valence-corrected chi connectivity index (χ4v) is 4.64. The summed E-state index contributed by atoms with van der Waals surface area (Å²) in [6.45, 7) is 11.7. The molecular formula is C23H30N2. The van der Waals surface area contributed by atoms with E-state index in [0.717, 1.165) is 6.54 Å². The van der Waals surface area contributed by atoms with Gasteiger partial charge in [-0.25, -0.2) is 0 Å². The standard InChI is InChI=1S/C23H30N2/c1-22(2,3)25-18-23(20-11-7-8-12-21(20)25)13-15-24(16-14-23)17-19-9-5-4-6-10-19/h4-12H,13-18H2,1-3H3. The Bertz CT molecular complexity index is 721. The molecule has 1 saturated heterocycles. The van der Waals surface area contributed by atoms with Gasteiger partial charge in [-0.3, -0.25) is 4.90 Å². The molecule has 0 bridgehead atoms. The van der Waals surface area contributed by atoms with Gasteiger partial charge < -0.3 is 4.90 Å². The summed E-state index contributed by atoms with van der Waals surface area (Å²) in [4.78, 5) is 5.26. The molecule has 2 aliphatic rings. The Balaban J connectivity index is 1.53. The van der Waals surface area contributed by atoms with Crippen LogP contribution in [-0.2, 0) is 12.0 Å². The highest BCUT2D eigenvalue weighted by Gasteiger charge is 2.46. The molecule has 2 aromatic rings. The van der Waals surface area contributed by atoms with E-state index in [-0.39, 0.29) is 5.54 Å². The third-order valence-electron chi connectivity index (χ3n) is 6.10. The molecule has 1 spiro atoms. The molecule has 0 atom stereocenters. The highest BCUT2D eigenvalue weighted by Crippen LogP contribution is 2.49. The van der Waals surface area contributed by atoms with Gasteiger partial charge in [0.25, 0.3) is 0 Å². The van der Waals surface area contributed by atoms with Crippen molar-refractivity contribution in [1.82, 2.24) is 4.90 Å². The fraction of sp³-hybridized carbons (Fsp3) is 0.478. The summed E-state index contributed by atoms with van der Waals surface area (Å²) in [5.41, 5.74) is 5.01. The molecule has 0 aromatic heterocycles. The summed E-state index contributed by atoms with van der Waals surface area (Å²) >= 11 is 0. The molecule has 0 unspecified atom stereocenters. The normalized spacial score (nSPS) is 20.0. The summed E-state index contributed by atoms with van der Waals surface area (Å²) < 4.78 is 0. The summed E-state index contributed by atoms with van der Waals surface area (Å²) in [5.74, 6) is 0. The summed E-state index contributed by atoms with van der Waals surface area (Å²) in [6, 6.07) is 20.0. The lowest BCUT2D eigenvalue weighted by Gasteiger charge is -2.42. The van der Waals surface area contributed by atoms with Crippen LogP contribution in [0.15, 0.2) is 54.6 Å². The van der Waals surface area contributed by atoms with Gasteiger partial charge in [0.1, 0.15) is 0 Å². The Hall–Kier alpha value is -1.80. The summed E-state index contributed by atoms with van der Waals surface area (Å²) in [7, 11) is 0. The predicted octanol–water partition coefficient (Wildman–Crippen LogP) is 4.84. The van der Waals surface area contributed by atoms with Crippen LogP contribution in [-0.4, -0.2) is 30.1 Å². The third-order valence-corrected chi connectivity index (χ3v) is 6.10. The van der Waals surface area contributed by atoms with Crippen LogP contribution in [0.4, 0.5) is 5.69 Å².